The van der Waals surface area contributed by atoms with Gasteiger partial charge in [0.1, 0.15) is 5.76 Å². The average molecular weight is 383 g/mol. The topological polar surface area (TPSA) is 115 Å². The number of nitrogens with two attached hydrogens (primary N) is 2. The third-order valence-electron chi connectivity index (χ3n) is 5.53. The first kappa shape index (κ1) is 17.6. The van der Waals surface area contributed by atoms with E-state index < -0.39 is 5.91 Å². The Bertz CT molecular complexity index is 1030. The number of amides is 1. The van der Waals surface area contributed by atoms with Gasteiger partial charge in [0, 0.05) is 22.8 Å². The van der Waals surface area contributed by atoms with Crippen LogP contribution in [0, 0.1) is 0 Å². The highest BCUT2D eigenvalue weighted by molar-refractivity contribution is 7.16. The van der Waals surface area contributed by atoms with Gasteiger partial charge in [-0.25, -0.2) is 0 Å². The molecule has 2 aromatic heterocycles. The van der Waals surface area contributed by atoms with Crippen molar-refractivity contribution in [1.82, 2.24) is 5.16 Å². The summed E-state index contributed by atoms with van der Waals surface area (Å²) in [6.45, 7) is 0. The molecule has 2 heterocycles. The van der Waals surface area contributed by atoms with Crippen molar-refractivity contribution in [2.75, 3.05) is 5.73 Å². The summed E-state index contributed by atoms with van der Waals surface area (Å²) in [5.74, 6) is 0.205. The number of carbonyl (C=O) groups excluding carboxylic acids is 1. The number of benzene rings is 1. The number of fused-ring (bicyclic) bond motifs is 1. The Morgan fingerprint density at radius 1 is 1.30 bits per heavy atom. The van der Waals surface area contributed by atoms with Crippen LogP contribution in [0.3, 0.4) is 0 Å². The molecule has 27 heavy (non-hydrogen) atoms. The Balaban J connectivity index is 1.71. The minimum absolute atomic E-state index is 0.101. The van der Waals surface area contributed by atoms with E-state index in [1.165, 1.54) is 23.0 Å². The van der Waals surface area contributed by atoms with Crippen molar-refractivity contribution in [3.63, 3.8) is 0 Å². The maximum absolute atomic E-state index is 11.8. The van der Waals surface area contributed by atoms with Crippen LogP contribution in [0.5, 0.6) is 0 Å². The van der Waals surface area contributed by atoms with Crippen molar-refractivity contribution >= 4 is 22.2 Å². The van der Waals surface area contributed by atoms with Crippen LogP contribution in [0.15, 0.2) is 45.7 Å². The van der Waals surface area contributed by atoms with E-state index in [0.29, 0.717) is 22.7 Å². The Labute approximate surface area is 160 Å². The van der Waals surface area contributed by atoms with Gasteiger partial charge in [-0.3, -0.25) is 9.59 Å². The molecule has 7 heteroatoms. The average Bonchev–Trinajstić information content (AvgIpc) is 3.22. The maximum Gasteiger partial charge on any atom is 0.280 e. The Kier molecular flexibility index (Phi) is 4.39. The highest BCUT2D eigenvalue weighted by atomic mass is 32.1. The second-order valence-electron chi connectivity index (χ2n) is 7.11. The molecule has 140 valence electrons. The largest absolute Gasteiger partial charge is 0.390 e. The molecular formula is C20H21N3O3S. The molecule has 1 aromatic carbocycles. The summed E-state index contributed by atoms with van der Waals surface area (Å²) in [5, 5.41) is 2.86. The number of hydrogen-bond donors (Lipinski definition) is 3. The third-order valence-corrected chi connectivity index (χ3v) is 6.59. The molecule has 0 saturated heterocycles. The van der Waals surface area contributed by atoms with Gasteiger partial charge in [-0.15, -0.1) is 11.3 Å². The minimum Gasteiger partial charge on any atom is -0.390 e. The quantitative estimate of drug-likeness (QED) is 0.628. The summed E-state index contributed by atoms with van der Waals surface area (Å²) >= 11 is 1.47. The van der Waals surface area contributed by atoms with Gasteiger partial charge in [-0.1, -0.05) is 30.3 Å². The normalized spacial score (nSPS) is 19.0. The molecule has 1 amide bonds. The molecule has 0 fully saturated rings. The number of anilines is 1. The number of aryl methyl sites for hydroxylation is 1. The van der Waals surface area contributed by atoms with E-state index in [1.54, 1.807) is 0 Å². The smallest absolute Gasteiger partial charge is 0.280 e. The summed E-state index contributed by atoms with van der Waals surface area (Å²) in [6.07, 6.45) is 3.93. The SMILES string of the molecule is NC(=O)c1c(N)sc2c1CCC(CCc1cc(=O)[nH]o1)(c1ccccc1)C2. The summed E-state index contributed by atoms with van der Waals surface area (Å²) in [4.78, 5) is 24.3. The first-order valence-electron chi connectivity index (χ1n) is 8.91. The fourth-order valence-electron chi connectivity index (χ4n) is 4.17. The zero-order chi connectivity index (χ0) is 19.0. The van der Waals surface area contributed by atoms with Crippen LogP contribution in [-0.2, 0) is 24.7 Å². The van der Waals surface area contributed by atoms with Crippen molar-refractivity contribution in [1.29, 1.82) is 0 Å². The van der Waals surface area contributed by atoms with Gasteiger partial charge in [0.25, 0.3) is 11.5 Å². The lowest BCUT2D eigenvalue weighted by Crippen LogP contribution is -2.34. The molecule has 1 atom stereocenters. The number of nitrogens with one attached hydrogen (secondary N) is 1. The van der Waals surface area contributed by atoms with Crippen molar-refractivity contribution < 1.29 is 9.32 Å². The van der Waals surface area contributed by atoms with E-state index in [9.17, 15) is 9.59 Å². The molecule has 1 unspecified atom stereocenters. The molecule has 6 nitrogen and oxygen atoms in total. The van der Waals surface area contributed by atoms with Crippen LogP contribution in [0.2, 0.25) is 0 Å². The zero-order valence-corrected chi connectivity index (χ0v) is 15.6. The number of primary amides is 1. The van der Waals surface area contributed by atoms with Gasteiger partial charge < -0.3 is 16.0 Å². The first-order chi connectivity index (χ1) is 13.0. The van der Waals surface area contributed by atoms with Crippen LogP contribution in [0.25, 0.3) is 0 Å². The van der Waals surface area contributed by atoms with E-state index in [1.807, 2.05) is 18.2 Å². The van der Waals surface area contributed by atoms with Gasteiger partial charge in [0.05, 0.1) is 10.6 Å². The van der Waals surface area contributed by atoms with E-state index in [2.05, 4.69) is 17.3 Å². The lowest BCUT2D eigenvalue weighted by atomic mass is 9.66. The Morgan fingerprint density at radius 3 is 2.74 bits per heavy atom. The van der Waals surface area contributed by atoms with Crippen molar-refractivity contribution in [3.05, 3.63) is 74.1 Å². The third kappa shape index (κ3) is 3.19. The van der Waals surface area contributed by atoms with Gasteiger partial charge in [-0.05, 0) is 36.8 Å². The number of carbonyl (C=O) groups is 1. The number of aromatic nitrogens is 1. The minimum atomic E-state index is -0.452. The number of aromatic amines is 1. The van der Waals surface area contributed by atoms with Gasteiger partial charge >= 0.3 is 0 Å². The molecule has 0 aliphatic heterocycles. The predicted molar refractivity (Wildman–Crippen MR) is 105 cm³/mol. The van der Waals surface area contributed by atoms with Crippen LogP contribution in [0.4, 0.5) is 5.00 Å². The Morgan fingerprint density at radius 2 is 2.07 bits per heavy atom. The highest BCUT2D eigenvalue weighted by Crippen LogP contribution is 2.46. The first-order valence-corrected chi connectivity index (χ1v) is 9.73. The Hall–Kier alpha value is -2.80. The lowest BCUT2D eigenvalue weighted by molar-refractivity contribution is 0.1000. The fraction of sp³-hybridized carbons (Fsp3) is 0.300. The fourth-order valence-corrected chi connectivity index (χ4v) is 5.44. The predicted octanol–water partition coefficient (Wildman–Crippen LogP) is 2.77. The molecule has 3 aromatic rings. The van der Waals surface area contributed by atoms with Crippen LogP contribution in [-0.4, -0.2) is 11.1 Å². The number of nitrogen functional groups attached to an aromatic ring is 1. The van der Waals surface area contributed by atoms with Crippen molar-refractivity contribution in [2.45, 2.75) is 37.5 Å². The second kappa shape index (κ2) is 6.74. The van der Waals surface area contributed by atoms with Crippen LogP contribution < -0.4 is 17.0 Å². The summed E-state index contributed by atoms with van der Waals surface area (Å²) < 4.78 is 5.24. The number of rotatable bonds is 5. The zero-order valence-electron chi connectivity index (χ0n) is 14.8. The molecule has 5 N–H and O–H groups in total. The highest BCUT2D eigenvalue weighted by Gasteiger charge is 2.39. The van der Waals surface area contributed by atoms with Gasteiger partial charge in [0.2, 0.25) is 0 Å². The van der Waals surface area contributed by atoms with Gasteiger partial charge in [0.15, 0.2) is 0 Å². The lowest BCUT2D eigenvalue weighted by Gasteiger charge is -2.38. The number of hydrogen-bond acceptors (Lipinski definition) is 5. The van der Waals surface area contributed by atoms with E-state index in [4.69, 9.17) is 16.0 Å². The molecule has 0 spiro atoms. The van der Waals surface area contributed by atoms with Crippen molar-refractivity contribution in [3.8, 4) is 0 Å². The van der Waals surface area contributed by atoms with E-state index >= 15 is 0 Å². The molecule has 0 radical (unpaired) electrons. The molecule has 0 saturated carbocycles. The van der Waals surface area contributed by atoms with Crippen LogP contribution in [0.1, 0.15) is 45.0 Å². The standard InChI is InChI=1S/C20H21N3O3S/c21-18(25)17-14-7-9-20(11-15(14)27-19(17)22,12-4-2-1-3-5-12)8-6-13-10-16(24)23-26-13/h1-5,10H,6-9,11,22H2,(H2,21,25)(H,23,24). The summed E-state index contributed by atoms with van der Waals surface area (Å²) in [5.41, 5.74) is 14.0. The molecule has 0 bridgehead atoms. The molecular weight excluding hydrogens is 362 g/mol. The van der Waals surface area contributed by atoms with E-state index in [-0.39, 0.29) is 11.0 Å². The van der Waals surface area contributed by atoms with E-state index in [0.717, 1.165) is 36.1 Å². The molecule has 1 aliphatic carbocycles. The second-order valence-corrected chi connectivity index (χ2v) is 8.25. The number of thiophene rings is 1. The van der Waals surface area contributed by atoms with Crippen LogP contribution >= 0.6 is 11.3 Å². The summed E-state index contributed by atoms with van der Waals surface area (Å²) in [7, 11) is 0. The number of H-pyrrole nitrogens is 1. The monoisotopic (exact) mass is 383 g/mol. The molecule has 1 aliphatic rings. The molecule has 4 rings (SSSR count). The summed E-state index contributed by atoms with van der Waals surface area (Å²) in [6, 6.07) is 11.9. The van der Waals surface area contributed by atoms with Crippen molar-refractivity contribution in [2.24, 2.45) is 5.73 Å². The maximum atomic E-state index is 11.8. The van der Waals surface area contributed by atoms with Gasteiger partial charge in [-0.2, -0.15) is 5.16 Å².